The summed E-state index contributed by atoms with van der Waals surface area (Å²) in [5, 5.41) is 6.67. The number of fused-ring (bicyclic) bond motifs is 1. The van der Waals surface area contributed by atoms with Gasteiger partial charge < -0.3 is 10.6 Å². The van der Waals surface area contributed by atoms with E-state index in [0.29, 0.717) is 6.04 Å². The lowest BCUT2D eigenvalue weighted by Gasteiger charge is -2.05. The van der Waals surface area contributed by atoms with E-state index in [9.17, 15) is 0 Å². The van der Waals surface area contributed by atoms with E-state index in [-0.39, 0.29) is 0 Å². The number of hydrogen-bond donors (Lipinski definition) is 2. The Hall–Kier alpha value is -1.02. The summed E-state index contributed by atoms with van der Waals surface area (Å²) in [5.74, 6) is 0. The van der Waals surface area contributed by atoms with E-state index in [1.165, 1.54) is 23.2 Å². The van der Waals surface area contributed by atoms with Crippen molar-refractivity contribution in [2.75, 3.05) is 18.9 Å². The molecule has 0 fully saturated rings. The van der Waals surface area contributed by atoms with Crippen LogP contribution in [0.3, 0.4) is 0 Å². The van der Waals surface area contributed by atoms with Gasteiger partial charge >= 0.3 is 0 Å². The largest absolute Gasteiger partial charge is 0.382 e. The minimum atomic E-state index is 0.601. The van der Waals surface area contributed by atoms with Crippen LogP contribution in [0.4, 0.5) is 5.69 Å². The highest BCUT2D eigenvalue weighted by molar-refractivity contribution is 5.58. The Morgan fingerprint density at radius 2 is 2.36 bits per heavy atom. The number of anilines is 1. The van der Waals surface area contributed by atoms with Crippen LogP contribution in [0.25, 0.3) is 0 Å². The van der Waals surface area contributed by atoms with Gasteiger partial charge in [0.1, 0.15) is 0 Å². The standard InChI is InChI=1S/C12H18N2/c1-9-7-11-4-3-10(5-6-13-2)8-12(11)14-9/h3-4,8-9,13-14H,5-7H2,1-2H3. The second kappa shape index (κ2) is 4.01. The van der Waals surface area contributed by atoms with Gasteiger partial charge in [-0.15, -0.1) is 0 Å². The fourth-order valence-electron chi connectivity index (χ4n) is 2.01. The molecule has 2 heteroatoms. The van der Waals surface area contributed by atoms with Gasteiger partial charge in [-0.05, 0) is 50.6 Å². The average molecular weight is 190 g/mol. The summed E-state index contributed by atoms with van der Waals surface area (Å²) in [4.78, 5) is 0. The van der Waals surface area contributed by atoms with Gasteiger partial charge in [0.25, 0.3) is 0 Å². The van der Waals surface area contributed by atoms with Gasteiger partial charge in [0.2, 0.25) is 0 Å². The van der Waals surface area contributed by atoms with Crippen LogP contribution < -0.4 is 10.6 Å². The van der Waals surface area contributed by atoms with Crippen LogP contribution in [-0.2, 0) is 12.8 Å². The third-order valence-corrected chi connectivity index (χ3v) is 2.77. The van der Waals surface area contributed by atoms with Crippen molar-refractivity contribution in [1.29, 1.82) is 0 Å². The van der Waals surface area contributed by atoms with E-state index in [4.69, 9.17) is 0 Å². The van der Waals surface area contributed by atoms with E-state index >= 15 is 0 Å². The fourth-order valence-corrected chi connectivity index (χ4v) is 2.01. The Labute approximate surface area is 85.7 Å². The minimum Gasteiger partial charge on any atom is -0.382 e. The molecule has 0 saturated carbocycles. The van der Waals surface area contributed by atoms with Crippen molar-refractivity contribution in [1.82, 2.24) is 5.32 Å². The second-order valence-electron chi connectivity index (χ2n) is 4.09. The molecule has 0 aliphatic carbocycles. The average Bonchev–Trinajstić information content (AvgIpc) is 2.54. The van der Waals surface area contributed by atoms with E-state index in [0.717, 1.165) is 13.0 Å². The van der Waals surface area contributed by atoms with Gasteiger partial charge in [-0.3, -0.25) is 0 Å². The highest BCUT2D eigenvalue weighted by Gasteiger charge is 2.15. The zero-order valence-corrected chi connectivity index (χ0v) is 8.93. The minimum absolute atomic E-state index is 0.601. The molecular formula is C12H18N2. The van der Waals surface area contributed by atoms with Crippen LogP contribution in [0.1, 0.15) is 18.1 Å². The molecule has 2 nitrogen and oxygen atoms in total. The summed E-state index contributed by atoms with van der Waals surface area (Å²) in [7, 11) is 1.99. The number of likely N-dealkylation sites (N-methyl/N-ethyl adjacent to an activating group) is 1. The molecule has 1 unspecified atom stereocenters. The van der Waals surface area contributed by atoms with E-state index in [1.807, 2.05) is 7.05 Å². The van der Waals surface area contributed by atoms with Crippen LogP contribution in [0.15, 0.2) is 18.2 Å². The molecule has 2 N–H and O–H groups in total. The van der Waals surface area contributed by atoms with Crippen molar-refractivity contribution < 1.29 is 0 Å². The normalized spacial score (nSPS) is 19.1. The van der Waals surface area contributed by atoms with Gasteiger partial charge in [0, 0.05) is 11.7 Å². The molecule has 0 radical (unpaired) electrons. The number of nitrogens with one attached hydrogen (secondary N) is 2. The van der Waals surface area contributed by atoms with Crippen molar-refractivity contribution in [3.05, 3.63) is 29.3 Å². The number of rotatable bonds is 3. The van der Waals surface area contributed by atoms with E-state index < -0.39 is 0 Å². The van der Waals surface area contributed by atoms with Crippen LogP contribution in [0.5, 0.6) is 0 Å². The molecule has 1 aliphatic rings. The Balaban J connectivity index is 2.12. The van der Waals surface area contributed by atoms with Crippen molar-refractivity contribution in [3.8, 4) is 0 Å². The van der Waals surface area contributed by atoms with Gasteiger partial charge in [-0.1, -0.05) is 12.1 Å². The first-order valence-electron chi connectivity index (χ1n) is 5.32. The van der Waals surface area contributed by atoms with Crippen LogP contribution >= 0.6 is 0 Å². The van der Waals surface area contributed by atoms with Crippen molar-refractivity contribution in [2.45, 2.75) is 25.8 Å². The van der Waals surface area contributed by atoms with Crippen LogP contribution in [0.2, 0.25) is 0 Å². The smallest absolute Gasteiger partial charge is 0.0378 e. The Kier molecular flexibility index (Phi) is 2.73. The molecule has 0 aromatic heterocycles. The summed E-state index contributed by atoms with van der Waals surface area (Å²) in [6.45, 7) is 3.28. The summed E-state index contributed by atoms with van der Waals surface area (Å²) < 4.78 is 0. The summed E-state index contributed by atoms with van der Waals surface area (Å²) >= 11 is 0. The maximum absolute atomic E-state index is 3.49. The van der Waals surface area contributed by atoms with E-state index in [1.54, 1.807) is 0 Å². The molecule has 0 spiro atoms. The summed E-state index contributed by atoms with van der Waals surface area (Å²) in [6, 6.07) is 7.40. The molecule has 1 atom stereocenters. The lowest BCUT2D eigenvalue weighted by Crippen LogP contribution is -2.10. The second-order valence-corrected chi connectivity index (χ2v) is 4.09. The number of hydrogen-bond acceptors (Lipinski definition) is 2. The lowest BCUT2D eigenvalue weighted by atomic mass is 10.1. The van der Waals surface area contributed by atoms with Gasteiger partial charge in [0.05, 0.1) is 0 Å². The first-order valence-corrected chi connectivity index (χ1v) is 5.32. The van der Waals surface area contributed by atoms with Crippen LogP contribution in [0, 0.1) is 0 Å². The highest BCUT2D eigenvalue weighted by atomic mass is 14.9. The highest BCUT2D eigenvalue weighted by Crippen LogP contribution is 2.26. The quantitative estimate of drug-likeness (QED) is 0.759. The van der Waals surface area contributed by atoms with Crippen LogP contribution in [-0.4, -0.2) is 19.6 Å². The molecule has 14 heavy (non-hydrogen) atoms. The first-order chi connectivity index (χ1) is 6.79. The van der Waals surface area contributed by atoms with Crippen molar-refractivity contribution in [2.24, 2.45) is 0 Å². The topological polar surface area (TPSA) is 24.1 Å². The van der Waals surface area contributed by atoms with Crippen molar-refractivity contribution >= 4 is 5.69 Å². The van der Waals surface area contributed by atoms with Gasteiger partial charge in [-0.25, -0.2) is 0 Å². The van der Waals surface area contributed by atoms with Crippen molar-refractivity contribution in [3.63, 3.8) is 0 Å². The van der Waals surface area contributed by atoms with Gasteiger partial charge in [-0.2, -0.15) is 0 Å². The molecule has 0 saturated heterocycles. The summed E-state index contributed by atoms with van der Waals surface area (Å²) in [6.07, 6.45) is 2.28. The molecular weight excluding hydrogens is 172 g/mol. The Bertz CT molecular complexity index is 320. The monoisotopic (exact) mass is 190 g/mol. The lowest BCUT2D eigenvalue weighted by molar-refractivity contribution is 0.792. The molecule has 0 bridgehead atoms. The molecule has 2 rings (SSSR count). The molecule has 76 valence electrons. The number of benzene rings is 1. The zero-order chi connectivity index (χ0) is 9.97. The molecule has 1 aliphatic heterocycles. The fraction of sp³-hybridized carbons (Fsp3) is 0.500. The molecule has 1 aromatic rings. The summed E-state index contributed by atoms with van der Waals surface area (Å²) in [5.41, 5.74) is 4.22. The maximum Gasteiger partial charge on any atom is 0.0378 e. The Morgan fingerprint density at radius 3 is 3.14 bits per heavy atom. The first kappa shape index (κ1) is 9.53. The SMILES string of the molecule is CNCCc1ccc2c(c1)NC(C)C2. The predicted molar refractivity (Wildman–Crippen MR) is 60.9 cm³/mol. The van der Waals surface area contributed by atoms with E-state index in [2.05, 4.69) is 35.8 Å². The molecule has 0 amide bonds. The Morgan fingerprint density at radius 1 is 1.50 bits per heavy atom. The zero-order valence-electron chi connectivity index (χ0n) is 8.93. The molecule has 1 aromatic carbocycles. The predicted octanol–water partition coefficient (Wildman–Crippen LogP) is 1.80. The van der Waals surface area contributed by atoms with Gasteiger partial charge in [0.15, 0.2) is 0 Å². The third-order valence-electron chi connectivity index (χ3n) is 2.77. The molecule has 1 heterocycles. The maximum atomic E-state index is 3.49. The third kappa shape index (κ3) is 1.90.